The zero-order chi connectivity index (χ0) is 22.6. The molecular weight excluding hydrogens is 420 g/mol. The van der Waals surface area contributed by atoms with E-state index in [1.54, 1.807) is 18.0 Å². The van der Waals surface area contributed by atoms with Gasteiger partial charge in [-0.2, -0.15) is 15.2 Å². The molecule has 4 aromatic rings. The lowest BCUT2D eigenvalue weighted by molar-refractivity contribution is 0.0672. The van der Waals surface area contributed by atoms with Crippen molar-refractivity contribution in [1.29, 1.82) is 0 Å². The van der Waals surface area contributed by atoms with Crippen LogP contribution in [0.1, 0.15) is 31.5 Å². The van der Waals surface area contributed by atoms with Crippen LogP contribution in [0.4, 0.5) is 0 Å². The Bertz CT molecular complexity index is 1230. The summed E-state index contributed by atoms with van der Waals surface area (Å²) >= 11 is 0. The number of methoxy groups -OCH3 is 1. The Labute approximate surface area is 192 Å². The third-order valence-corrected chi connectivity index (χ3v) is 5.87. The van der Waals surface area contributed by atoms with Crippen LogP contribution in [-0.2, 0) is 15.9 Å². The first-order valence-electron chi connectivity index (χ1n) is 11.4. The molecule has 0 unspecified atom stereocenters. The largest absolute Gasteiger partial charge is 0.475 e. The van der Waals surface area contributed by atoms with Crippen molar-refractivity contribution in [2.75, 3.05) is 33.5 Å². The van der Waals surface area contributed by atoms with Gasteiger partial charge in [0, 0.05) is 31.8 Å². The summed E-state index contributed by atoms with van der Waals surface area (Å²) in [6.45, 7) is 4.59. The van der Waals surface area contributed by atoms with Gasteiger partial charge >= 0.3 is 0 Å². The smallest absolute Gasteiger partial charge is 0.215 e. The molecule has 1 aliphatic heterocycles. The van der Waals surface area contributed by atoms with Crippen LogP contribution in [0.5, 0.6) is 5.88 Å². The first kappa shape index (κ1) is 21.5. The number of hydrogen-bond acceptors (Lipinski definition) is 7. The standard InChI is InChI=1S/C24H28N6O3/c1-3-19-18-7-8-20(26-24(18)29(28-19)17-10-13-32-14-11-17)21-9-12-25-30(21)22-5-4-6-23(27-22)33-16-15-31-2/h4-9,12,17H,3,10-11,13-16H2,1-2H3. The number of nitrogens with zero attached hydrogens (tertiary/aromatic N) is 6. The highest BCUT2D eigenvalue weighted by Gasteiger charge is 2.22. The quantitative estimate of drug-likeness (QED) is 0.380. The molecule has 9 heteroatoms. The van der Waals surface area contributed by atoms with E-state index in [0.717, 1.165) is 60.6 Å². The zero-order valence-electron chi connectivity index (χ0n) is 19.0. The first-order valence-corrected chi connectivity index (χ1v) is 11.4. The maximum atomic E-state index is 5.67. The molecule has 0 spiro atoms. The molecular formula is C24H28N6O3. The van der Waals surface area contributed by atoms with Gasteiger partial charge in [-0.05, 0) is 43.5 Å². The molecule has 5 heterocycles. The SMILES string of the molecule is CCc1nn(C2CCOCC2)c2nc(-c3ccnn3-c3cccc(OCCOC)n3)ccc12. The summed E-state index contributed by atoms with van der Waals surface area (Å²) in [5, 5.41) is 10.5. The first-order chi connectivity index (χ1) is 16.3. The van der Waals surface area contributed by atoms with Gasteiger partial charge in [0.15, 0.2) is 11.5 Å². The van der Waals surface area contributed by atoms with Crippen LogP contribution < -0.4 is 4.74 Å². The third-order valence-electron chi connectivity index (χ3n) is 5.87. The van der Waals surface area contributed by atoms with E-state index in [1.807, 2.05) is 30.3 Å². The molecule has 0 N–H and O–H groups in total. The molecule has 9 nitrogen and oxygen atoms in total. The fraction of sp³-hybridized carbons (Fsp3) is 0.417. The topological polar surface area (TPSA) is 89.1 Å². The molecule has 1 saturated heterocycles. The van der Waals surface area contributed by atoms with Crippen molar-refractivity contribution < 1.29 is 14.2 Å². The summed E-state index contributed by atoms with van der Waals surface area (Å²) in [4.78, 5) is 9.66. The number of hydrogen-bond donors (Lipinski definition) is 0. The summed E-state index contributed by atoms with van der Waals surface area (Å²) in [5.74, 6) is 1.19. The summed E-state index contributed by atoms with van der Waals surface area (Å²) in [6, 6.07) is 12.0. The van der Waals surface area contributed by atoms with E-state index in [1.165, 1.54) is 0 Å². The number of rotatable bonds is 8. The van der Waals surface area contributed by atoms with Crippen LogP contribution >= 0.6 is 0 Å². The Morgan fingerprint density at radius 2 is 1.94 bits per heavy atom. The summed E-state index contributed by atoms with van der Waals surface area (Å²) < 4.78 is 20.2. The second-order valence-corrected chi connectivity index (χ2v) is 7.96. The van der Waals surface area contributed by atoms with Crippen molar-refractivity contribution in [2.45, 2.75) is 32.2 Å². The Kier molecular flexibility index (Phi) is 6.32. The van der Waals surface area contributed by atoms with Crippen molar-refractivity contribution in [3.05, 3.63) is 48.3 Å². The summed E-state index contributed by atoms with van der Waals surface area (Å²) in [5.41, 5.74) is 3.67. The molecule has 0 aromatic carbocycles. The van der Waals surface area contributed by atoms with Gasteiger partial charge in [0.2, 0.25) is 5.88 Å². The minimum Gasteiger partial charge on any atom is -0.475 e. The van der Waals surface area contributed by atoms with Crippen molar-refractivity contribution in [2.24, 2.45) is 0 Å². The Hall–Kier alpha value is -3.30. The summed E-state index contributed by atoms with van der Waals surface area (Å²) in [7, 11) is 1.64. The predicted octanol–water partition coefficient (Wildman–Crippen LogP) is 3.62. The molecule has 0 amide bonds. The van der Waals surface area contributed by atoms with Crippen LogP contribution in [0, 0.1) is 0 Å². The second-order valence-electron chi connectivity index (χ2n) is 7.96. The maximum absolute atomic E-state index is 5.67. The van der Waals surface area contributed by atoms with E-state index in [-0.39, 0.29) is 0 Å². The van der Waals surface area contributed by atoms with Gasteiger partial charge < -0.3 is 14.2 Å². The van der Waals surface area contributed by atoms with Crippen LogP contribution in [0.15, 0.2) is 42.6 Å². The van der Waals surface area contributed by atoms with Crippen LogP contribution in [0.2, 0.25) is 0 Å². The van der Waals surface area contributed by atoms with Gasteiger partial charge in [-0.15, -0.1) is 0 Å². The highest BCUT2D eigenvalue weighted by molar-refractivity contribution is 5.81. The highest BCUT2D eigenvalue weighted by Crippen LogP contribution is 2.29. The molecule has 33 heavy (non-hydrogen) atoms. The van der Waals surface area contributed by atoms with Gasteiger partial charge in [-0.3, -0.25) is 0 Å². The fourth-order valence-corrected chi connectivity index (χ4v) is 4.18. The lowest BCUT2D eigenvalue weighted by atomic mass is 10.1. The van der Waals surface area contributed by atoms with Gasteiger partial charge in [-0.25, -0.2) is 14.3 Å². The number of aryl methyl sites for hydroxylation is 1. The van der Waals surface area contributed by atoms with Crippen molar-refractivity contribution in [1.82, 2.24) is 29.5 Å². The molecule has 0 atom stereocenters. The second kappa shape index (κ2) is 9.68. The molecule has 1 fully saturated rings. The Morgan fingerprint density at radius 1 is 1.06 bits per heavy atom. The minimum absolute atomic E-state index is 0.303. The Balaban J connectivity index is 1.52. The molecule has 172 valence electrons. The van der Waals surface area contributed by atoms with E-state index in [4.69, 9.17) is 24.3 Å². The van der Waals surface area contributed by atoms with Gasteiger partial charge in [0.25, 0.3) is 0 Å². The van der Waals surface area contributed by atoms with Gasteiger partial charge in [0.1, 0.15) is 6.61 Å². The van der Waals surface area contributed by atoms with E-state index in [2.05, 4.69) is 27.8 Å². The number of aromatic nitrogens is 6. The predicted molar refractivity (Wildman–Crippen MR) is 124 cm³/mol. The molecule has 4 aromatic heterocycles. The third kappa shape index (κ3) is 4.34. The number of fused-ring (bicyclic) bond motifs is 1. The van der Waals surface area contributed by atoms with E-state index < -0.39 is 0 Å². The molecule has 0 saturated carbocycles. The van der Waals surface area contributed by atoms with E-state index in [0.29, 0.717) is 31.0 Å². The fourth-order valence-electron chi connectivity index (χ4n) is 4.18. The van der Waals surface area contributed by atoms with Gasteiger partial charge in [-0.1, -0.05) is 13.0 Å². The summed E-state index contributed by atoms with van der Waals surface area (Å²) in [6.07, 6.45) is 4.52. The van der Waals surface area contributed by atoms with Gasteiger partial charge in [0.05, 0.1) is 35.9 Å². The average Bonchev–Trinajstić information content (AvgIpc) is 3.50. The molecule has 1 aliphatic rings. The van der Waals surface area contributed by atoms with Crippen molar-refractivity contribution in [3.8, 4) is 23.1 Å². The highest BCUT2D eigenvalue weighted by atomic mass is 16.5. The van der Waals surface area contributed by atoms with E-state index in [9.17, 15) is 0 Å². The molecule has 0 aliphatic carbocycles. The molecule has 5 rings (SSSR count). The van der Waals surface area contributed by atoms with Crippen molar-refractivity contribution in [3.63, 3.8) is 0 Å². The van der Waals surface area contributed by atoms with E-state index >= 15 is 0 Å². The molecule has 0 radical (unpaired) electrons. The van der Waals surface area contributed by atoms with Crippen molar-refractivity contribution >= 4 is 11.0 Å². The maximum Gasteiger partial charge on any atom is 0.215 e. The Morgan fingerprint density at radius 3 is 2.76 bits per heavy atom. The monoisotopic (exact) mass is 448 g/mol. The average molecular weight is 449 g/mol. The van der Waals surface area contributed by atoms with Crippen LogP contribution in [0.25, 0.3) is 28.2 Å². The molecule has 0 bridgehead atoms. The normalized spacial score (nSPS) is 14.7. The van der Waals surface area contributed by atoms with Crippen LogP contribution in [-0.4, -0.2) is 63.1 Å². The zero-order valence-corrected chi connectivity index (χ0v) is 19.0. The minimum atomic E-state index is 0.303. The number of ether oxygens (including phenoxy) is 3. The lowest BCUT2D eigenvalue weighted by Crippen LogP contribution is -2.21. The lowest BCUT2D eigenvalue weighted by Gasteiger charge is -2.22. The van der Waals surface area contributed by atoms with Crippen LogP contribution in [0.3, 0.4) is 0 Å². The number of pyridine rings is 2.